The van der Waals surface area contributed by atoms with E-state index in [9.17, 15) is 4.79 Å². The van der Waals surface area contributed by atoms with Crippen LogP contribution in [0.5, 0.6) is 0 Å². The second-order valence-corrected chi connectivity index (χ2v) is 4.20. The van der Waals surface area contributed by atoms with Gasteiger partial charge < -0.3 is 11.1 Å². The molecule has 1 aromatic rings. The molecule has 1 aromatic heterocycles. The number of aromatic nitrogens is 2. The smallest absolute Gasteiger partial charge is 0.274 e. The number of nitrogens with zero attached hydrogens (tertiary/aromatic N) is 3. The molecule has 108 valence electrons. The Hall–Kier alpha value is -2.37. The summed E-state index contributed by atoms with van der Waals surface area (Å²) in [4.78, 5) is 16.0. The lowest BCUT2D eigenvalue weighted by atomic mass is 10.2. The van der Waals surface area contributed by atoms with E-state index in [4.69, 9.17) is 5.73 Å². The zero-order valence-electron chi connectivity index (χ0n) is 12.1. The van der Waals surface area contributed by atoms with Gasteiger partial charge in [0.25, 0.3) is 5.91 Å². The second-order valence-electron chi connectivity index (χ2n) is 4.20. The molecule has 1 rings (SSSR count). The monoisotopic (exact) mass is 275 g/mol. The number of carbonyl (C=O) groups is 1. The fourth-order valence-electron chi connectivity index (χ4n) is 1.64. The van der Waals surface area contributed by atoms with E-state index >= 15 is 0 Å². The van der Waals surface area contributed by atoms with Gasteiger partial charge in [-0.25, -0.2) is 0 Å². The summed E-state index contributed by atoms with van der Waals surface area (Å²) in [5, 5.41) is 6.83. The molecular formula is C14H21N5O. The summed E-state index contributed by atoms with van der Waals surface area (Å²) in [5.74, 6) is -0.280. The largest absolute Gasteiger partial charge is 0.396 e. The van der Waals surface area contributed by atoms with E-state index in [1.807, 2.05) is 26.0 Å². The van der Waals surface area contributed by atoms with Gasteiger partial charge in [-0.05, 0) is 25.0 Å². The second kappa shape index (κ2) is 7.93. The van der Waals surface area contributed by atoms with Gasteiger partial charge in [0.05, 0.1) is 5.69 Å². The van der Waals surface area contributed by atoms with Crippen molar-refractivity contribution in [2.24, 2.45) is 12.0 Å². The van der Waals surface area contributed by atoms with Crippen LogP contribution in [0.3, 0.4) is 0 Å². The first-order chi connectivity index (χ1) is 9.58. The third-order valence-electron chi connectivity index (χ3n) is 2.52. The van der Waals surface area contributed by atoms with Crippen LogP contribution in [0.4, 0.5) is 5.69 Å². The number of anilines is 1. The molecule has 0 fully saturated rings. The van der Waals surface area contributed by atoms with Crippen LogP contribution in [0, 0.1) is 0 Å². The van der Waals surface area contributed by atoms with E-state index in [0.29, 0.717) is 12.2 Å². The van der Waals surface area contributed by atoms with E-state index in [1.54, 1.807) is 25.7 Å². The zero-order chi connectivity index (χ0) is 15.0. The molecule has 1 amide bonds. The van der Waals surface area contributed by atoms with Gasteiger partial charge in [0.1, 0.15) is 0 Å². The summed E-state index contributed by atoms with van der Waals surface area (Å²) in [6.07, 6.45) is 9.79. The molecular weight excluding hydrogens is 254 g/mol. The molecule has 0 saturated heterocycles. The number of hydrogen-bond acceptors (Lipinski definition) is 4. The highest BCUT2D eigenvalue weighted by molar-refractivity contribution is 5.97. The number of nitrogens with one attached hydrogen (secondary N) is 1. The maximum Gasteiger partial charge on any atom is 0.274 e. The predicted octanol–water partition coefficient (Wildman–Crippen LogP) is 1.67. The Morgan fingerprint density at radius 1 is 1.60 bits per heavy atom. The van der Waals surface area contributed by atoms with Crippen molar-refractivity contribution in [3.8, 4) is 0 Å². The van der Waals surface area contributed by atoms with Crippen LogP contribution in [0.25, 0.3) is 0 Å². The first-order valence-corrected chi connectivity index (χ1v) is 6.49. The average molecular weight is 275 g/mol. The SMILES string of the molecule is CC=N/C=C\C(=C\CC)CNC(=O)c1nn(C)cc1N. The number of carbonyl (C=O) groups excluding carboxylic acids is 1. The van der Waals surface area contributed by atoms with Gasteiger partial charge >= 0.3 is 0 Å². The van der Waals surface area contributed by atoms with Crippen LogP contribution in [0.15, 0.2) is 35.1 Å². The van der Waals surface area contributed by atoms with Crippen molar-refractivity contribution in [1.29, 1.82) is 0 Å². The highest BCUT2D eigenvalue weighted by atomic mass is 16.1. The fourth-order valence-corrected chi connectivity index (χ4v) is 1.64. The minimum Gasteiger partial charge on any atom is -0.396 e. The highest BCUT2D eigenvalue weighted by Gasteiger charge is 2.13. The van der Waals surface area contributed by atoms with Crippen molar-refractivity contribution in [1.82, 2.24) is 15.1 Å². The number of amides is 1. The average Bonchev–Trinajstić information content (AvgIpc) is 2.75. The molecule has 0 bridgehead atoms. The molecule has 0 aliphatic carbocycles. The van der Waals surface area contributed by atoms with Crippen LogP contribution in [0.2, 0.25) is 0 Å². The summed E-state index contributed by atoms with van der Waals surface area (Å²) in [6, 6.07) is 0. The quantitative estimate of drug-likeness (QED) is 0.611. The summed E-state index contributed by atoms with van der Waals surface area (Å²) in [6.45, 7) is 4.30. The van der Waals surface area contributed by atoms with Gasteiger partial charge in [0.2, 0.25) is 0 Å². The third-order valence-corrected chi connectivity index (χ3v) is 2.52. The molecule has 0 atom stereocenters. The third kappa shape index (κ3) is 4.72. The summed E-state index contributed by atoms with van der Waals surface area (Å²) in [7, 11) is 1.72. The summed E-state index contributed by atoms with van der Waals surface area (Å²) >= 11 is 0. The highest BCUT2D eigenvalue weighted by Crippen LogP contribution is 2.08. The Labute approximate surface area is 119 Å². The van der Waals surface area contributed by atoms with Gasteiger partial charge in [0, 0.05) is 32.2 Å². The molecule has 3 N–H and O–H groups in total. The lowest BCUT2D eigenvalue weighted by Gasteiger charge is -2.04. The van der Waals surface area contributed by atoms with E-state index < -0.39 is 0 Å². The fraction of sp³-hybridized carbons (Fsp3) is 0.357. The Morgan fingerprint density at radius 2 is 2.35 bits per heavy atom. The number of aliphatic imine (C=N–C) groups is 1. The molecule has 0 saturated carbocycles. The van der Waals surface area contributed by atoms with Crippen molar-refractivity contribution >= 4 is 17.8 Å². The van der Waals surface area contributed by atoms with Crippen LogP contribution >= 0.6 is 0 Å². The summed E-state index contributed by atoms with van der Waals surface area (Å²) < 4.78 is 1.52. The lowest BCUT2D eigenvalue weighted by Crippen LogP contribution is -2.26. The Morgan fingerprint density at radius 3 is 2.90 bits per heavy atom. The number of rotatable bonds is 6. The molecule has 0 aromatic carbocycles. The molecule has 0 radical (unpaired) electrons. The Bertz CT molecular complexity index is 540. The van der Waals surface area contributed by atoms with Crippen LogP contribution < -0.4 is 11.1 Å². The molecule has 0 aliphatic rings. The van der Waals surface area contributed by atoms with Gasteiger partial charge in [-0.15, -0.1) is 0 Å². The van der Waals surface area contributed by atoms with Crippen LogP contribution in [0.1, 0.15) is 30.8 Å². The topological polar surface area (TPSA) is 85.3 Å². The molecule has 20 heavy (non-hydrogen) atoms. The van der Waals surface area contributed by atoms with Crippen molar-refractivity contribution in [2.45, 2.75) is 20.3 Å². The van der Waals surface area contributed by atoms with Crippen molar-refractivity contribution in [3.63, 3.8) is 0 Å². The first kappa shape index (κ1) is 15.7. The minimum atomic E-state index is -0.280. The standard InChI is InChI=1S/C14H21N5O/c1-4-6-11(7-8-16-5-2)9-17-14(20)13-12(15)10-19(3)18-13/h5-8,10H,4,9,15H2,1-3H3,(H,17,20)/b8-7-,11-6-,16-5?. The van der Waals surface area contributed by atoms with E-state index in [1.165, 1.54) is 4.68 Å². The number of allylic oxidation sites excluding steroid dienone is 1. The van der Waals surface area contributed by atoms with E-state index in [2.05, 4.69) is 15.4 Å². The van der Waals surface area contributed by atoms with Crippen molar-refractivity contribution in [3.05, 3.63) is 35.8 Å². The zero-order valence-corrected chi connectivity index (χ0v) is 12.1. The van der Waals surface area contributed by atoms with Gasteiger partial charge in [-0.3, -0.25) is 14.5 Å². The van der Waals surface area contributed by atoms with Crippen LogP contribution in [-0.2, 0) is 7.05 Å². The molecule has 0 spiro atoms. The molecule has 0 aliphatic heterocycles. The maximum absolute atomic E-state index is 12.0. The molecule has 0 unspecified atom stereocenters. The van der Waals surface area contributed by atoms with Gasteiger partial charge in [0.15, 0.2) is 5.69 Å². The Balaban J connectivity index is 2.66. The summed E-state index contributed by atoms with van der Waals surface area (Å²) in [5.41, 5.74) is 7.32. The Kier molecular flexibility index (Phi) is 6.22. The lowest BCUT2D eigenvalue weighted by molar-refractivity contribution is 0.0952. The molecule has 1 heterocycles. The molecule has 6 nitrogen and oxygen atoms in total. The number of hydrogen-bond donors (Lipinski definition) is 2. The van der Waals surface area contributed by atoms with Gasteiger partial charge in [-0.2, -0.15) is 5.10 Å². The number of nitrogens with two attached hydrogens (primary N) is 1. The van der Waals surface area contributed by atoms with Crippen molar-refractivity contribution in [2.75, 3.05) is 12.3 Å². The number of aryl methyl sites for hydroxylation is 1. The molecule has 6 heteroatoms. The first-order valence-electron chi connectivity index (χ1n) is 6.49. The predicted molar refractivity (Wildman–Crippen MR) is 81.6 cm³/mol. The van der Waals surface area contributed by atoms with Gasteiger partial charge in [-0.1, -0.05) is 13.0 Å². The van der Waals surface area contributed by atoms with E-state index in [-0.39, 0.29) is 11.6 Å². The number of nitrogen functional groups attached to an aromatic ring is 1. The minimum absolute atomic E-state index is 0.249. The van der Waals surface area contributed by atoms with E-state index in [0.717, 1.165) is 12.0 Å². The normalized spacial score (nSPS) is 12.4. The van der Waals surface area contributed by atoms with Crippen molar-refractivity contribution < 1.29 is 4.79 Å². The maximum atomic E-state index is 12.0. The van der Waals surface area contributed by atoms with Crippen LogP contribution in [-0.4, -0.2) is 28.4 Å².